The number of rotatable bonds is 11. The highest BCUT2D eigenvalue weighted by atomic mass is 28.3. The molecule has 1 aliphatic heterocycles. The Morgan fingerprint density at radius 3 is 1.85 bits per heavy atom. The lowest BCUT2D eigenvalue weighted by atomic mass is 9.83. The second kappa shape index (κ2) is 13.1. The first kappa shape index (κ1) is 32.2. The van der Waals surface area contributed by atoms with Gasteiger partial charge in [-0.05, 0) is 67.1 Å². The monoisotopic (exact) mass is 587 g/mol. The maximum Gasteiger partial charge on any atom is 0.416 e. The van der Waals surface area contributed by atoms with Gasteiger partial charge in [0.1, 0.15) is 0 Å². The van der Waals surface area contributed by atoms with Gasteiger partial charge in [0.25, 0.3) is 0 Å². The predicted molar refractivity (Wildman–Crippen MR) is 147 cm³/mol. The van der Waals surface area contributed by atoms with Gasteiger partial charge in [0, 0.05) is 18.5 Å². The molecule has 0 aliphatic carbocycles. The number of carboxylic acid groups (broad SMARTS) is 1. The van der Waals surface area contributed by atoms with Crippen molar-refractivity contribution in [1.29, 1.82) is 0 Å². The fraction of sp³-hybridized carbons (Fsp3) is 0.567. The van der Waals surface area contributed by atoms with Gasteiger partial charge in [0.05, 0.1) is 19.2 Å². The van der Waals surface area contributed by atoms with E-state index in [0.717, 1.165) is 60.4 Å². The highest BCUT2D eigenvalue weighted by Gasteiger charge is 2.38. The third kappa shape index (κ3) is 7.90. The molecule has 2 aromatic carbocycles. The number of aliphatic carboxylic acids is 1. The zero-order valence-electron chi connectivity index (χ0n) is 23.3. The Morgan fingerprint density at radius 1 is 0.900 bits per heavy atom. The number of halogens is 6. The number of benzene rings is 2. The molecule has 1 heterocycles. The van der Waals surface area contributed by atoms with Crippen LogP contribution in [0.25, 0.3) is 0 Å². The van der Waals surface area contributed by atoms with Gasteiger partial charge in [-0.1, -0.05) is 69.2 Å². The van der Waals surface area contributed by atoms with E-state index in [-0.39, 0.29) is 24.4 Å². The highest BCUT2D eigenvalue weighted by molar-refractivity contribution is 6.79. The van der Waals surface area contributed by atoms with Gasteiger partial charge in [-0.3, -0.25) is 9.69 Å². The number of carbonyl (C=O) groups is 1. The molecule has 1 saturated heterocycles. The topological polar surface area (TPSA) is 40.5 Å². The largest absolute Gasteiger partial charge is 0.481 e. The van der Waals surface area contributed by atoms with Crippen molar-refractivity contribution in [1.82, 2.24) is 4.90 Å². The SMILES string of the molecule is CC[Si](CC)(CC)CC[C@H](c1ccc(C(F)(F)F)cc1)N1CC[C@@H](CC(=O)O)C[C@H]1c1ccc(C(F)(F)F)cc1. The van der Waals surface area contributed by atoms with E-state index in [1.165, 1.54) is 24.3 Å². The van der Waals surface area contributed by atoms with Gasteiger partial charge in [-0.15, -0.1) is 0 Å². The summed E-state index contributed by atoms with van der Waals surface area (Å²) in [4.78, 5) is 13.7. The number of hydrogen-bond donors (Lipinski definition) is 1. The average Bonchev–Trinajstić information content (AvgIpc) is 2.91. The third-order valence-corrected chi connectivity index (χ3v) is 14.9. The lowest BCUT2D eigenvalue weighted by Gasteiger charge is -2.45. The second-order valence-corrected chi connectivity index (χ2v) is 16.7. The standard InChI is InChI=1S/C30H39F6NO2Si/c1-4-40(5-2,6-3)18-16-26(22-7-11-24(12-8-22)29(31,32)33)37-17-15-21(20-28(38)39)19-27(37)23-9-13-25(14-10-23)30(34,35)36/h7-14,21,26-27H,4-6,15-20H2,1-3H3,(H,38,39)/t21-,26-,27+/m1/s1. The normalized spacial score (nSPS) is 19.9. The van der Waals surface area contributed by atoms with Crippen LogP contribution in [0, 0.1) is 5.92 Å². The molecular weight excluding hydrogens is 548 g/mol. The Kier molecular flexibility index (Phi) is 10.5. The molecule has 40 heavy (non-hydrogen) atoms. The van der Waals surface area contributed by atoms with Crippen LogP contribution < -0.4 is 0 Å². The van der Waals surface area contributed by atoms with Crippen LogP contribution in [0.2, 0.25) is 24.2 Å². The summed E-state index contributed by atoms with van der Waals surface area (Å²) in [5, 5.41) is 9.42. The van der Waals surface area contributed by atoms with E-state index in [2.05, 4.69) is 25.7 Å². The first-order valence-corrected chi connectivity index (χ1v) is 16.9. The molecule has 3 atom stereocenters. The molecular formula is C30H39F6NO2Si. The van der Waals surface area contributed by atoms with Crippen molar-refractivity contribution in [3.63, 3.8) is 0 Å². The first-order valence-electron chi connectivity index (χ1n) is 14.0. The minimum absolute atomic E-state index is 0.0343. The smallest absolute Gasteiger partial charge is 0.416 e. The molecule has 1 aliphatic rings. The number of hydrogen-bond acceptors (Lipinski definition) is 2. The Balaban J connectivity index is 2.04. The molecule has 222 valence electrons. The number of carboxylic acids is 1. The number of alkyl halides is 6. The molecule has 0 aromatic heterocycles. The zero-order valence-corrected chi connectivity index (χ0v) is 24.3. The van der Waals surface area contributed by atoms with Crippen molar-refractivity contribution in [2.45, 2.75) is 95.1 Å². The van der Waals surface area contributed by atoms with Crippen LogP contribution in [0.3, 0.4) is 0 Å². The summed E-state index contributed by atoms with van der Waals surface area (Å²) in [5.74, 6) is -1.07. The van der Waals surface area contributed by atoms with Crippen molar-refractivity contribution in [2.24, 2.45) is 5.92 Å². The molecule has 2 aromatic rings. The zero-order chi connectivity index (χ0) is 29.7. The second-order valence-electron chi connectivity index (χ2n) is 11.1. The number of nitrogens with zero attached hydrogens (tertiary/aromatic N) is 1. The minimum Gasteiger partial charge on any atom is -0.481 e. The van der Waals surface area contributed by atoms with Crippen LogP contribution in [0.15, 0.2) is 48.5 Å². The van der Waals surface area contributed by atoms with Gasteiger partial charge in [0.2, 0.25) is 0 Å². The third-order valence-electron chi connectivity index (χ3n) is 9.06. The van der Waals surface area contributed by atoms with E-state index in [0.29, 0.717) is 24.9 Å². The molecule has 1 fully saturated rings. The van der Waals surface area contributed by atoms with E-state index >= 15 is 0 Å². The Morgan fingerprint density at radius 2 is 1.40 bits per heavy atom. The molecule has 3 rings (SSSR count). The Hall–Kier alpha value is -2.33. The van der Waals surface area contributed by atoms with E-state index < -0.39 is 37.5 Å². The number of likely N-dealkylation sites (tertiary alicyclic amines) is 1. The van der Waals surface area contributed by atoms with Gasteiger partial charge < -0.3 is 5.11 Å². The summed E-state index contributed by atoms with van der Waals surface area (Å²) in [6.07, 6.45) is -7.19. The predicted octanol–water partition coefficient (Wildman–Crippen LogP) is 9.59. The van der Waals surface area contributed by atoms with E-state index in [1.807, 2.05) is 0 Å². The van der Waals surface area contributed by atoms with Crippen molar-refractivity contribution >= 4 is 14.0 Å². The van der Waals surface area contributed by atoms with Crippen molar-refractivity contribution in [3.8, 4) is 0 Å². The fourth-order valence-corrected chi connectivity index (χ4v) is 9.67. The lowest BCUT2D eigenvalue weighted by Crippen LogP contribution is -2.41. The summed E-state index contributed by atoms with van der Waals surface area (Å²) in [5.41, 5.74) is -0.0868. The quantitative estimate of drug-likeness (QED) is 0.210. The van der Waals surface area contributed by atoms with Crippen LogP contribution in [0.1, 0.15) is 80.8 Å². The van der Waals surface area contributed by atoms with Crippen LogP contribution in [-0.2, 0) is 17.1 Å². The van der Waals surface area contributed by atoms with Crippen molar-refractivity contribution in [3.05, 3.63) is 70.8 Å². The summed E-state index contributed by atoms with van der Waals surface area (Å²) in [6.45, 7) is 7.12. The summed E-state index contributed by atoms with van der Waals surface area (Å²) in [7, 11) is -1.59. The van der Waals surface area contributed by atoms with Crippen molar-refractivity contribution < 1.29 is 36.2 Å². The molecule has 10 heteroatoms. The minimum atomic E-state index is -4.48. The molecule has 0 unspecified atom stereocenters. The summed E-state index contributed by atoms with van der Waals surface area (Å²) < 4.78 is 79.8. The van der Waals surface area contributed by atoms with Crippen molar-refractivity contribution in [2.75, 3.05) is 6.54 Å². The van der Waals surface area contributed by atoms with E-state index in [1.54, 1.807) is 0 Å². The van der Waals surface area contributed by atoms with Crippen LogP contribution in [0.4, 0.5) is 26.3 Å². The molecule has 0 amide bonds. The summed E-state index contributed by atoms with van der Waals surface area (Å²) in [6, 6.07) is 13.9. The Bertz CT molecular complexity index is 1090. The van der Waals surface area contributed by atoms with Crippen LogP contribution >= 0.6 is 0 Å². The van der Waals surface area contributed by atoms with Gasteiger partial charge in [-0.25, -0.2) is 0 Å². The molecule has 0 bridgehead atoms. The van der Waals surface area contributed by atoms with E-state index in [4.69, 9.17) is 0 Å². The lowest BCUT2D eigenvalue weighted by molar-refractivity contribution is -0.139. The molecule has 3 nitrogen and oxygen atoms in total. The molecule has 1 N–H and O–H groups in total. The van der Waals surface area contributed by atoms with Gasteiger partial charge >= 0.3 is 18.3 Å². The summed E-state index contributed by atoms with van der Waals surface area (Å²) >= 11 is 0. The fourth-order valence-electron chi connectivity index (χ4n) is 6.23. The highest BCUT2D eigenvalue weighted by Crippen LogP contribution is 2.45. The molecule has 0 spiro atoms. The van der Waals surface area contributed by atoms with Gasteiger partial charge in [-0.2, -0.15) is 26.3 Å². The molecule has 0 radical (unpaired) electrons. The van der Waals surface area contributed by atoms with Crippen LogP contribution in [0.5, 0.6) is 0 Å². The Labute approximate surface area is 233 Å². The maximum atomic E-state index is 13.3. The number of piperidine rings is 1. The van der Waals surface area contributed by atoms with Crippen LogP contribution in [-0.4, -0.2) is 30.6 Å². The average molecular weight is 588 g/mol. The molecule has 0 saturated carbocycles. The van der Waals surface area contributed by atoms with Gasteiger partial charge in [0.15, 0.2) is 0 Å². The maximum absolute atomic E-state index is 13.3. The van der Waals surface area contributed by atoms with E-state index in [9.17, 15) is 36.2 Å². The first-order chi connectivity index (χ1) is 18.7.